The van der Waals surface area contributed by atoms with Crippen molar-refractivity contribution in [1.82, 2.24) is 19.8 Å². The van der Waals surface area contributed by atoms with Gasteiger partial charge in [-0.3, -0.25) is 10.3 Å². The molecule has 0 saturated carbocycles. The first-order valence-electron chi connectivity index (χ1n) is 12.9. The van der Waals surface area contributed by atoms with Crippen LogP contribution in [0.15, 0.2) is 28.2 Å². The van der Waals surface area contributed by atoms with Crippen LogP contribution in [0.5, 0.6) is 5.75 Å². The van der Waals surface area contributed by atoms with E-state index in [0.29, 0.717) is 55.4 Å². The minimum Gasteiger partial charge on any atom is -0.491 e. The van der Waals surface area contributed by atoms with Crippen molar-refractivity contribution >= 4 is 21.5 Å². The van der Waals surface area contributed by atoms with Gasteiger partial charge in [0.1, 0.15) is 40.4 Å². The highest BCUT2D eigenvalue weighted by molar-refractivity contribution is 7.92. The van der Waals surface area contributed by atoms with Crippen LogP contribution in [-0.2, 0) is 16.4 Å². The number of benzene rings is 1. The van der Waals surface area contributed by atoms with Crippen LogP contribution in [0.2, 0.25) is 0 Å². The molecule has 10 nitrogen and oxygen atoms in total. The first kappa shape index (κ1) is 28.2. The van der Waals surface area contributed by atoms with Gasteiger partial charge in [0.25, 0.3) is 0 Å². The third kappa shape index (κ3) is 5.62. The fourth-order valence-corrected chi connectivity index (χ4v) is 6.68. The van der Waals surface area contributed by atoms with Crippen LogP contribution >= 0.6 is 0 Å². The van der Waals surface area contributed by atoms with Crippen LogP contribution < -0.4 is 10.1 Å². The molecular formula is C26H37FN6O4S. The van der Waals surface area contributed by atoms with Gasteiger partial charge in [-0.2, -0.15) is 0 Å². The number of aliphatic hydroxyl groups is 1. The smallest absolute Gasteiger partial charge is 0.184 e. The Hall–Kier alpha value is -2.83. The minimum absolute atomic E-state index is 0.0307. The summed E-state index contributed by atoms with van der Waals surface area (Å²) < 4.78 is 50.2. The summed E-state index contributed by atoms with van der Waals surface area (Å²) in [5, 5.41) is 20.0. The number of piperidine rings is 1. The average Bonchev–Trinajstić information content (AvgIpc) is 3.20. The summed E-state index contributed by atoms with van der Waals surface area (Å²) >= 11 is 0. The van der Waals surface area contributed by atoms with Crippen molar-refractivity contribution < 1.29 is 22.7 Å². The Kier molecular flexibility index (Phi) is 7.96. The number of fused-ring (bicyclic) bond motifs is 3. The molecule has 12 heteroatoms. The van der Waals surface area contributed by atoms with E-state index < -0.39 is 26.4 Å². The molecule has 0 bridgehead atoms. The Balaban J connectivity index is 1.71. The molecule has 2 aliphatic rings. The van der Waals surface area contributed by atoms with Crippen LogP contribution in [0.3, 0.4) is 0 Å². The third-order valence-corrected chi connectivity index (χ3v) is 9.29. The first-order valence-corrected chi connectivity index (χ1v) is 14.4. The van der Waals surface area contributed by atoms with E-state index in [-0.39, 0.29) is 35.7 Å². The normalized spacial score (nSPS) is 17.5. The van der Waals surface area contributed by atoms with Crippen LogP contribution in [0.25, 0.3) is 11.4 Å². The monoisotopic (exact) mass is 548 g/mol. The number of ether oxygens (including phenoxy) is 1. The predicted octanol–water partition coefficient (Wildman–Crippen LogP) is 2.83. The average molecular weight is 549 g/mol. The highest BCUT2D eigenvalue weighted by Gasteiger charge is 2.38. The molecule has 0 unspecified atom stereocenters. The number of sulfone groups is 1. The second-order valence-electron chi connectivity index (χ2n) is 10.8. The van der Waals surface area contributed by atoms with Gasteiger partial charge in [-0.15, -0.1) is 0 Å². The third-order valence-electron chi connectivity index (χ3n) is 7.02. The number of imidazole rings is 1. The minimum atomic E-state index is -3.98. The zero-order valence-electron chi connectivity index (χ0n) is 22.6. The van der Waals surface area contributed by atoms with Gasteiger partial charge in [-0.05, 0) is 53.5 Å². The van der Waals surface area contributed by atoms with Crippen LogP contribution in [0, 0.1) is 11.2 Å². The van der Waals surface area contributed by atoms with E-state index in [9.17, 15) is 13.5 Å². The van der Waals surface area contributed by atoms with E-state index in [0.717, 1.165) is 6.07 Å². The fourth-order valence-electron chi connectivity index (χ4n) is 4.87. The number of rotatable bonds is 6. The molecule has 208 valence electrons. The molecule has 2 aromatic rings. The Morgan fingerprint density at radius 2 is 2.00 bits per heavy atom. The molecule has 1 fully saturated rings. The molecule has 1 saturated heterocycles. The van der Waals surface area contributed by atoms with Crippen molar-refractivity contribution in [3.05, 3.63) is 29.8 Å². The van der Waals surface area contributed by atoms with E-state index in [2.05, 4.69) is 15.2 Å². The van der Waals surface area contributed by atoms with E-state index in [1.54, 1.807) is 13.1 Å². The van der Waals surface area contributed by atoms with Gasteiger partial charge in [0.15, 0.2) is 15.7 Å². The molecule has 1 aromatic heterocycles. The number of aliphatic hydroxyl groups excluding tert-OH is 1. The quantitative estimate of drug-likeness (QED) is 0.373. The lowest BCUT2D eigenvalue weighted by atomic mass is 9.99. The second-order valence-corrected chi connectivity index (χ2v) is 13.0. The summed E-state index contributed by atoms with van der Waals surface area (Å²) in [6, 6.07) is 2.52. The van der Waals surface area contributed by atoms with Crippen molar-refractivity contribution in [2.24, 2.45) is 4.99 Å². The van der Waals surface area contributed by atoms with Crippen LogP contribution in [0.4, 0.5) is 4.39 Å². The summed E-state index contributed by atoms with van der Waals surface area (Å²) in [5.41, 5.74) is 0.447. The Labute approximate surface area is 223 Å². The number of likely N-dealkylation sites (tertiary alicyclic amines) is 1. The predicted molar refractivity (Wildman–Crippen MR) is 144 cm³/mol. The van der Waals surface area contributed by atoms with E-state index >= 15 is 4.39 Å². The second kappa shape index (κ2) is 10.7. The molecule has 0 spiro atoms. The van der Waals surface area contributed by atoms with E-state index in [4.69, 9.17) is 15.1 Å². The van der Waals surface area contributed by atoms with Crippen molar-refractivity contribution in [2.45, 2.75) is 75.7 Å². The lowest BCUT2D eigenvalue weighted by Gasteiger charge is -2.41. The molecule has 38 heavy (non-hydrogen) atoms. The summed E-state index contributed by atoms with van der Waals surface area (Å²) in [6.45, 7) is 11.0. The molecule has 0 aliphatic carbocycles. The summed E-state index contributed by atoms with van der Waals surface area (Å²) in [7, 11) is -3.98. The largest absolute Gasteiger partial charge is 0.491 e. The number of amidine groups is 2. The maximum atomic E-state index is 15.3. The Morgan fingerprint density at radius 1 is 1.32 bits per heavy atom. The standard InChI is InChI=1S/C26H37FN6O4S/c1-16(2)29-24(30-17(3)28)21-14-32-10-11-37-22-13-20(27)23(12-19(22)25(32)31-21)38(35,36)18-6-8-33(9-7-18)26(4,5)15-34/h12-14,16,18,34H,6-11,15H2,1-5H3,(H2,28,29,30). The molecule has 0 atom stereocenters. The number of hydrogen-bond acceptors (Lipinski definition) is 7. The molecule has 1 aromatic carbocycles. The van der Waals surface area contributed by atoms with Crippen molar-refractivity contribution in [3.63, 3.8) is 0 Å². The molecular weight excluding hydrogens is 511 g/mol. The van der Waals surface area contributed by atoms with Crippen molar-refractivity contribution in [3.8, 4) is 17.1 Å². The number of hydrogen-bond donors (Lipinski definition) is 3. The Morgan fingerprint density at radius 3 is 2.61 bits per heavy atom. The highest BCUT2D eigenvalue weighted by atomic mass is 32.2. The number of nitrogens with zero attached hydrogens (tertiary/aromatic N) is 4. The van der Waals surface area contributed by atoms with Gasteiger partial charge in [0.05, 0.1) is 24.0 Å². The number of nitrogens with one attached hydrogen (secondary N) is 2. The highest BCUT2D eigenvalue weighted by Crippen LogP contribution is 2.38. The van der Waals surface area contributed by atoms with E-state index in [1.807, 2.05) is 32.3 Å². The van der Waals surface area contributed by atoms with Gasteiger partial charge < -0.3 is 19.7 Å². The van der Waals surface area contributed by atoms with Gasteiger partial charge in [0, 0.05) is 36.9 Å². The molecule has 3 N–H and O–H groups in total. The molecule has 4 rings (SSSR count). The number of aliphatic imine (C=N–C) groups is 1. The van der Waals surface area contributed by atoms with Crippen LogP contribution in [0.1, 0.15) is 53.2 Å². The Bertz CT molecular complexity index is 1340. The molecule has 2 aliphatic heterocycles. The fraction of sp³-hybridized carbons (Fsp3) is 0.577. The summed E-state index contributed by atoms with van der Waals surface area (Å²) in [6.07, 6.45) is 2.48. The van der Waals surface area contributed by atoms with E-state index in [1.165, 1.54) is 6.07 Å². The lowest BCUT2D eigenvalue weighted by Crippen LogP contribution is -2.52. The molecule has 0 amide bonds. The molecule has 3 heterocycles. The summed E-state index contributed by atoms with van der Waals surface area (Å²) in [4.78, 5) is 10.7. The summed E-state index contributed by atoms with van der Waals surface area (Å²) in [5.74, 6) is 0.386. The van der Waals surface area contributed by atoms with Gasteiger partial charge in [-0.1, -0.05) is 0 Å². The maximum absolute atomic E-state index is 15.3. The van der Waals surface area contributed by atoms with Gasteiger partial charge in [0.2, 0.25) is 0 Å². The maximum Gasteiger partial charge on any atom is 0.184 e. The van der Waals surface area contributed by atoms with Gasteiger partial charge in [-0.25, -0.2) is 22.8 Å². The van der Waals surface area contributed by atoms with Crippen molar-refractivity contribution in [1.29, 1.82) is 5.41 Å². The number of halogens is 1. The number of aromatic nitrogens is 2. The van der Waals surface area contributed by atoms with Gasteiger partial charge >= 0.3 is 0 Å². The zero-order chi connectivity index (χ0) is 27.8. The zero-order valence-corrected chi connectivity index (χ0v) is 23.4. The SMILES string of the molecule is CC(=N)/N=C(\NC(C)C)c1cn2c(n1)-c1cc(S(=O)(=O)C3CCN(C(C)(C)CO)CC3)c(F)cc1OCC2. The first-order chi connectivity index (χ1) is 17.8. The molecule has 0 radical (unpaired) electrons. The van der Waals surface area contributed by atoms with Crippen molar-refractivity contribution in [2.75, 3.05) is 26.3 Å². The van der Waals surface area contributed by atoms with Crippen LogP contribution in [-0.4, -0.2) is 82.8 Å². The lowest BCUT2D eigenvalue weighted by molar-refractivity contribution is 0.0431. The topological polar surface area (TPSA) is 133 Å².